The topological polar surface area (TPSA) is 552 Å². The molecule has 5 saturated heterocycles. The van der Waals surface area contributed by atoms with Crippen molar-refractivity contribution in [3.63, 3.8) is 0 Å². The molecule has 5 aliphatic rings. The van der Waals surface area contributed by atoms with E-state index < -0.39 is 173 Å². The minimum atomic E-state index is -3.96. The smallest absolute Gasteiger partial charge is 0.410 e. The average Bonchev–Trinajstić information content (AvgIpc) is 1.75. The van der Waals surface area contributed by atoms with Gasteiger partial charge in [-0.3, -0.25) is 52.8 Å². The number of allylic oxidation sites excluding steroid dienone is 6. The Kier molecular flexibility index (Phi) is 67.3. The minimum Gasteiger partial charge on any atom is -0.481 e. The Balaban J connectivity index is 0. The van der Waals surface area contributed by atoms with Gasteiger partial charge in [-0.15, -0.1) is 39.5 Å². The van der Waals surface area contributed by atoms with E-state index in [-0.39, 0.29) is 63.3 Å². The predicted octanol–water partition coefficient (Wildman–Crippen LogP) is 10.4. The maximum absolute atomic E-state index is 12.0. The fourth-order valence-electron chi connectivity index (χ4n) is 13.1. The molecule has 37 nitrogen and oxygen atoms in total. The Hall–Kier alpha value is -9.94. The first-order valence-electron chi connectivity index (χ1n) is 44.6. The van der Waals surface area contributed by atoms with Gasteiger partial charge in [0.25, 0.3) is 0 Å². The van der Waals surface area contributed by atoms with Crippen LogP contribution in [0.2, 0.25) is 0 Å². The summed E-state index contributed by atoms with van der Waals surface area (Å²) in [6, 6.07) is 20.7. The quantitative estimate of drug-likeness (QED) is 0.0129. The van der Waals surface area contributed by atoms with Crippen molar-refractivity contribution in [1.29, 1.82) is 0 Å². The first-order valence-corrected chi connectivity index (χ1v) is 46.4. The van der Waals surface area contributed by atoms with Crippen LogP contribution in [0.3, 0.4) is 0 Å². The van der Waals surface area contributed by atoms with Gasteiger partial charge in [0.15, 0.2) is 54.2 Å². The van der Waals surface area contributed by atoms with Crippen molar-refractivity contribution in [2.75, 3.05) is 72.1 Å². The minimum absolute atomic E-state index is 0.0407. The van der Waals surface area contributed by atoms with Crippen LogP contribution in [0.1, 0.15) is 196 Å². The molecule has 0 bridgehead atoms. The summed E-state index contributed by atoms with van der Waals surface area (Å²) in [6.07, 6.45) is 9.45. The fraction of sp³-hybridized carbons (Fsp3) is 0.615. The molecule has 0 aromatic heterocycles. The Bertz CT molecular complexity index is 3970. The van der Waals surface area contributed by atoms with Gasteiger partial charge in [0, 0.05) is 58.5 Å². The van der Waals surface area contributed by atoms with Gasteiger partial charge in [-0.05, 0) is 189 Å². The summed E-state index contributed by atoms with van der Waals surface area (Å²) in [7, 11) is -3.96. The van der Waals surface area contributed by atoms with Crippen LogP contribution in [0.5, 0.6) is 0 Å². The van der Waals surface area contributed by atoms with E-state index in [4.69, 9.17) is 79.0 Å². The summed E-state index contributed by atoms with van der Waals surface area (Å²) in [6.45, 7) is 47.1. The molecule has 134 heavy (non-hydrogen) atoms. The van der Waals surface area contributed by atoms with E-state index in [0.717, 1.165) is 82.4 Å². The number of carboxylic acids is 4. The highest BCUT2D eigenvalue weighted by Crippen LogP contribution is 2.30. The van der Waals surface area contributed by atoms with E-state index in [1.807, 2.05) is 51.1 Å². The number of rotatable bonds is 43. The number of nitrogens with zero attached hydrogens (tertiary/aromatic N) is 2. The van der Waals surface area contributed by atoms with Crippen molar-refractivity contribution in [2.24, 2.45) is 47.2 Å². The third-order valence-electron chi connectivity index (χ3n) is 19.9. The van der Waals surface area contributed by atoms with Crippen LogP contribution in [0.4, 0.5) is 4.79 Å². The van der Waals surface area contributed by atoms with Gasteiger partial charge in [0.1, 0.15) is 30.0 Å². The first-order chi connectivity index (χ1) is 63.1. The second-order valence-electron chi connectivity index (χ2n) is 32.6. The van der Waals surface area contributed by atoms with Crippen molar-refractivity contribution in [3.05, 3.63) is 148 Å². The normalized spacial score (nSPS) is 19.9. The van der Waals surface area contributed by atoms with Gasteiger partial charge in [-0.1, -0.05) is 104 Å². The van der Waals surface area contributed by atoms with Crippen LogP contribution in [-0.2, 0) is 132 Å². The van der Waals surface area contributed by atoms with Gasteiger partial charge >= 0.3 is 64.0 Å². The molecule has 38 heteroatoms. The molecular weight excluding hydrogens is 1770 g/mol. The molecule has 758 valence electrons. The maximum Gasteiger partial charge on any atom is 0.410 e. The van der Waals surface area contributed by atoms with Crippen LogP contribution in [0, 0.1) is 41.4 Å². The van der Waals surface area contributed by atoms with E-state index in [1.165, 1.54) is 70.1 Å². The van der Waals surface area contributed by atoms with Gasteiger partial charge in [0.05, 0.1) is 75.2 Å². The van der Waals surface area contributed by atoms with Crippen molar-refractivity contribution >= 4 is 87.1 Å². The number of esters is 3. The summed E-state index contributed by atoms with van der Waals surface area (Å²) >= 11 is 0. The number of β-amino-alcohol motifs (C(OH)–C–C–N with tert-alkyl or cyclic N) is 1. The standard InChI is InChI=1S/C15H21N.C15H24O5.C14H22O7S.C12H21NO3.C12H18O6.C10H16O4.C7H9N.C7H12O4.C4H6O5/c1-3-7-15-12-16(10-13(15)2)11-14-8-5-4-6-9-14;1-4-8-12(15(17)18-5-2)14(11(3)16)20-13-9-6-7-10-19-13;1-4-7-11(14(16)21-22(3,17)18)13(10(2)15)20-12-8-5-6-9-19-12;1-5-6-9-7-13(8-10(9)14)11(15)16-12(2,3)4;1-2-5-8(11(13)14)10(12(15)16)18-9-6-3-4-7-17-9;1-4-6-8(9(12)7(3)11)10(13)14-5-2;8-6-7-4-2-1-3-5-7;1-3-11-7(10)4-6(9)5(2)8;5-2(4(8)9)1-3(6)7/h3-6,8-9,13,15H,1,7,10-12H2,2H3;4,12-14H,1,5-10H2,2-3H3;4,11-13H,1,5-9H2,2-3H3;5,9-10,14H,1,6-8H2,2-4H3;2,8-10H,1,3-7H2,(H,13,14)(H,15,16);4,8-9,12H,1,5-6H2,2-3H3;1-5H,6,8H2;6,9H,3-4H2,1-2H3;2,5H,1H2,(H,6,7)(H,8,9)/t13-,15+;12-,13?,14-;11-,12?,13-;9-,10+;8-,9?,10+;8-,9-;;6-;2-/m111011.00/s1. The highest BCUT2D eigenvalue weighted by Gasteiger charge is 2.41. The zero-order valence-corrected chi connectivity index (χ0v) is 80.7. The van der Waals surface area contributed by atoms with Crippen LogP contribution in [0.15, 0.2) is 137 Å². The molecule has 17 atom stereocenters. The second-order valence-corrected chi connectivity index (χ2v) is 34.2. The Morgan fingerprint density at radius 2 is 0.918 bits per heavy atom. The van der Waals surface area contributed by atoms with E-state index in [0.29, 0.717) is 58.7 Å². The molecule has 1 amide bonds. The number of carbonyl (C=O) groups is 13. The van der Waals surface area contributed by atoms with E-state index in [1.54, 1.807) is 37.8 Å². The lowest BCUT2D eigenvalue weighted by atomic mass is 9.95. The van der Waals surface area contributed by atoms with Crippen LogP contribution in [0.25, 0.3) is 0 Å². The Morgan fingerprint density at radius 3 is 1.26 bits per heavy atom. The number of nitrogens with two attached hydrogens (primary N) is 1. The van der Waals surface area contributed by atoms with Crippen molar-refractivity contribution < 1.29 is 163 Å². The predicted molar refractivity (Wildman–Crippen MR) is 496 cm³/mol. The lowest BCUT2D eigenvalue weighted by Gasteiger charge is -2.29. The van der Waals surface area contributed by atoms with Gasteiger partial charge in [-0.2, -0.15) is 8.42 Å². The average molecular weight is 1920 g/mol. The number of aliphatic hydroxyl groups excluding tert-OH is 4. The van der Waals surface area contributed by atoms with Crippen LogP contribution in [-0.4, -0.2) is 275 Å². The molecule has 2 aromatic rings. The third-order valence-corrected chi connectivity index (χ3v) is 20.4. The summed E-state index contributed by atoms with van der Waals surface area (Å²) in [4.78, 5) is 148. The highest BCUT2D eigenvalue weighted by molar-refractivity contribution is 7.86. The zero-order chi connectivity index (χ0) is 102. The second kappa shape index (κ2) is 71.6. The molecule has 0 spiro atoms. The lowest BCUT2D eigenvalue weighted by Crippen LogP contribution is -2.41. The molecule has 5 aliphatic heterocycles. The number of benzene rings is 2. The lowest BCUT2D eigenvalue weighted by molar-refractivity contribution is -0.211. The van der Waals surface area contributed by atoms with Gasteiger partial charge in [0.2, 0.25) is 0 Å². The summed E-state index contributed by atoms with van der Waals surface area (Å²) in [5.74, 6) is -11.4. The molecule has 0 aliphatic carbocycles. The number of ketones is 4. The number of hydrogen-bond acceptors (Lipinski definition) is 32. The molecule has 2 aromatic carbocycles. The monoisotopic (exact) mass is 1920 g/mol. The van der Waals surface area contributed by atoms with E-state index in [2.05, 4.69) is 96.6 Å². The molecule has 5 heterocycles. The molecule has 3 unspecified atom stereocenters. The highest BCUT2D eigenvalue weighted by atomic mass is 32.2. The summed E-state index contributed by atoms with van der Waals surface area (Å²) < 4.78 is 78.8. The largest absolute Gasteiger partial charge is 0.481 e. The van der Waals surface area contributed by atoms with Gasteiger partial charge < -0.3 is 103 Å². The van der Waals surface area contributed by atoms with Crippen molar-refractivity contribution in [2.45, 2.75) is 266 Å². The number of hydrogen-bond donors (Lipinski definition) is 9. The fourth-order valence-corrected chi connectivity index (χ4v) is 13.5. The number of ether oxygens (including phenoxy) is 10. The molecule has 7 rings (SSSR count). The number of likely N-dealkylation sites (tertiary alicyclic amines) is 2. The molecule has 10 N–H and O–H groups in total. The van der Waals surface area contributed by atoms with Crippen LogP contribution >= 0.6 is 0 Å². The Labute approximate surface area is 788 Å². The van der Waals surface area contributed by atoms with Crippen LogP contribution < -0.4 is 5.73 Å². The van der Waals surface area contributed by atoms with E-state index in [9.17, 15) is 81.0 Å². The zero-order valence-electron chi connectivity index (χ0n) is 79.9. The van der Waals surface area contributed by atoms with E-state index >= 15 is 0 Å². The maximum atomic E-state index is 12.0. The number of aliphatic hydroxyl groups is 4. The number of carboxylic acid groups (broad SMARTS) is 4. The summed E-state index contributed by atoms with van der Waals surface area (Å²) in [5.41, 5.74) is 7.47. The third kappa shape index (κ3) is 57.1. The van der Waals surface area contributed by atoms with Crippen molar-refractivity contribution in [3.8, 4) is 0 Å². The first kappa shape index (κ1) is 126. The molecule has 5 fully saturated rings. The SMILES string of the molecule is C=CC[C@@H](C(=O)O)[C@H](OC1CCCCO1)C(=O)O.C=CC[C@@H](C(=O)OCC)[C@H](O)C(C)=O.C=CC[C@@H](C(=O)OCC)[C@H](OC1CCCCO1)C(C)=O.C=CC[C@@H](C(=O)OS(C)(=O)=O)[C@H](OC1CCCCO1)C(C)=O.C=CC[C@H]1CN(C(=O)OC(C)(C)C)C[C@H]1O.C=CC[C@H]1CN(Cc2ccccc2)C[C@H]1C.CCOC(=O)C[C@H](O)C(C)=O.NCc1ccccc1.O=C(O)C[C@H](O)C(=O)O. The Morgan fingerprint density at radius 1 is 0.500 bits per heavy atom. The number of aliphatic carboxylic acids is 4. The summed E-state index contributed by atoms with van der Waals surface area (Å²) in [5, 5.41) is 70.3. The van der Waals surface area contributed by atoms with Gasteiger partial charge in [-0.25, -0.2) is 14.4 Å². The number of Topliss-reactive ketones (excluding diaryl/α,β-unsaturated/α-hetero) is 4. The van der Waals surface area contributed by atoms with Crippen molar-refractivity contribution in [1.82, 2.24) is 9.80 Å². The number of amides is 1. The molecule has 0 radical (unpaired) electrons. The number of carbonyl (C=O) groups excluding carboxylic acids is 9. The molecule has 0 saturated carbocycles. The molecular formula is C96H149N3O34S.